The molecule has 2 N–H and O–H groups in total. The predicted octanol–water partition coefficient (Wildman–Crippen LogP) is 1.15. The maximum atomic E-state index is 12.0. The number of fused-ring (bicyclic) bond motifs is 1. The number of rotatable bonds is 5. The van der Waals surface area contributed by atoms with E-state index in [0.29, 0.717) is 17.6 Å². The molecule has 2 aromatic rings. The second-order valence-electron chi connectivity index (χ2n) is 5.50. The quantitative estimate of drug-likeness (QED) is 0.867. The highest BCUT2D eigenvalue weighted by molar-refractivity contribution is 5.88. The van der Waals surface area contributed by atoms with Gasteiger partial charge in [-0.25, -0.2) is 5.10 Å². The van der Waals surface area contributed by atoms with Gasteiger partial charge < -0.3 is 10.1 Å². The minimum Gasteiger partial charge on any atom is -0.378 e. The second-order valence-corrected chi connectivity index (χ2v) is 5.50. The molecule has 1 unspecified atom stereocenters. The first-order chi connectivity index (χ1) is 10.7. The van der Waals surface area contributed by atoms with Gasteiger partial charge in [-0.2, -0.15) is 5.10 Å². The van der Waals surface area contributed by atoms with Crippen molar-refractivity contribution >= 4 is 16.7 Å². The van der Waals surface area contributed by atoms with E-state index in [4.69, 9.17) is 4.74 Å². The van der Waals surface area contributed by atoms with Gasteiger partial charge in [0, 0.05) is 18.5 Å². The fourth-order valence-corrected chi connectivity index (χ4v) is 2.77. The fourth-order valence-electron chi connectivity index (χ4n) is 2.77. The average Bonchev–Trinajstić information content (AvgIpc) is 3.04. The van der Waals surface area contributed by atoms with Crippen molar-refractivity contribution in [1.82, 2.24) is 15.5 Å². The molecular formula is C16H19N3O3. The van der Waals surface area contributed by atoms with Crippen molar-refractivity contribution in [3.8, 4) is 0 Å². The minimum absolute atomic E-state index is 0.0947. The van der Waals surface area contributed by atoms with E-state index in [2.05, 4.69) is 15.5 Å². The molecule has 2 heterocycles. The molecule has 1 aliphatic heterocycles. The van der Waals surface area contributed by atoms with Crippen LogP contribution in [0.2, 0.25) is 0 Å². The lowest BCUT2D eigenvalue weighted by molar-refractivity contribution is -0.120. The van der Waals surface area contributed by atoms with Gasteiger partial charge in [-0.15, -0.1) is 0 Å². The van der Waals surface area contributed by atoms with Crippen LogP contribution in [0.5, 0.6) is 0 Å². The first-order valence-corrected chi connectivity index (χ1v) is 7.58. The van der Waals surface area contributed by atoms with Crippen LogP contribution in [0.15, 0.2) is 29.1 Å². The molecule has 22 heavy (non-hydrogen) atoms. The number of carbonyl (C=O) groups is 1. The Balaban J connectivity index is 1.61. The summed E-state index contributed by atoms with van der Waals surface area (Å²) in [4.78, 5) is 23.7. The van der Waals surface area contributed by atoms with Crippen LogP contribution in [0.25, 0.3) is 10.8 Å². The van der Waals surface area contributed by atoms with Crippen LogP contribution in [-0.4, -0.2) is 35.4 Å². The summed E-state index contributed by atoms with van der Waals surface area (Å²) in [5.41, 5.74) is 0.350. The number of hydrogen-bond acceptors (Lipinski definition) is 4. The van der Waals surface area contributed by atoms with Gasteiger partial charge in [-0.3, -0.25) is 9.59 Å². The summed E-state index contributed by atoms with van der Waals surface area (Å²) < 4.78 is 5.52. The number of aromatic amines is 1. The molecule has 0 saturated carbocycles. The zero-order valence-electron chi connectivity index (χ0n) is 12.3. The smallest absolute Gasteiger partial charge is 0.272 e. The number of nitrogens with one attached hydrogen (secondary N) is 2. The summed E-state index contributed by atoms with van der Waals surface area (Å²) in [5, 5.41) is 10.6. The minimum atomic E-state index is -0.238. The molecular weight excluding hydrogens is 282 g/mol. The van der Waals surface area contributed by atoms with Gasteiger partial charge in [0.25, 0.3) is 5.56 Å². The Morgan fingerprint density at radius 1 is 1.36 bits per heavy atom. The SMILES string of the molecule is O=C(Cc1n[nH]c(=O)c2ccccc12)NCCC1CCCO1. The van der Waals surface area contributed by atoms with Gasteiger partial charge in [-0.05, 0) is 25.3 Å². The lowest BCUT2D eigenvalue weighted by Gasteiger charge is -2.10. The van der Waals surface area contributed by atoms with E-state index in [0.717, 1.165) is 31.3 Å². The number of hydrogen-bond donors (Lipinski definition) is 2. The fraction of sp³-hybridized carbons (Fsp3) is 0.438. The van der Waals surface area contributed by atoms with Crippen LogP contribution in [0.3, 0.4) is 0 Å². The third-order valence-electron chi connectivity index (χ3n) is 3.92. The van der Waals surface area contributed by atoms with Gasteiger partial charge in [0.15, 0.2) is 0 Å². The second kappa shape index (κ2) is 6.70. The number of nitrogens with zero attached hydrogens (tertiary/aromatic N) is 1. The third kappa shape index (κ3) is 3.33. The summed E-state index contributed by atoms with van der Waals surface area (Å²) in [6.07, 6.45) is 3.44. The molecule has 1 aromatic heterocycles. The summed E-state index contributed by atoms with van der Waals surface area (Å²) in [7, 11) is 0. The number of carbonyl (C=O) groups excluding carboxylic acids is 1. The predicted molar refractivity (Wildman–Crippen MR) is 82.7 cm³/mol. The molecule has 1 saturated heterocycles. The normalized spacial score (nSPS) is 17.7. The lowest BCUT2D eigenvalue weighted by atomic mass is 10.1. The largest absolute Gasteiger partial charge is 0.378 e. The Labute approximate surface area is 127 Å². The van der Waals surface area contributed by atoms with Gasteiger partial charge in [0.05, 0.1) is 23.6 Å². The van der Waals surface area contributed by atoms with E-state index in [-0.39, 0.29) is 24.0 Å². The highest BCUT2D eigenvalue weighted by atomic mass is 16.5. The van der Waals surface area contributed by atoms with Crippen LogP contribution in [0, 0.1) is 0 Å². The van der Waals surface area contributed by atoms with E-state index in [1.165, 1.54) is 0 Å². The molecule has 1 aromatic carbocycles. The van der Waals surface area contributed by atoms with Crippen molar-refractivity contribution in [3.05, 3.63) is 40.3 Å². The first kappa shape index (κ1) is 14.7. The van der Waals surface area contributed by atoms with Crippen molar-refractivity contribution in [2.75, 3.05) is 13.2 Å². The summed E-state index contributed by atoms with van der Waals surface area (Å²) in [6.45, 7) is 1.43. The Kier molecular flexibility index (Phi) is 4.48. The van der Waals surface area contributed by atoms with Gasteiger partial charge in [0.2, 0.25) is 5.91 Å². The Morgan fingerprint density at radius 2 is 2.18 bits per heavy atom. The van der Waals surface area contributed by atoms with Crippen LogP contribution in [-0.2, 0) is 16.0 Å². The van der Waals surface area contributed by atoms with Crippen LogP contribution < -0.4 is 10.9 Å². The highest BCUT2D eigenvalue weighted by Crippen LogP contribution is 2.15. The monoisotopic (exact) mass is 301 g/mol. The number of H-pyrrole nitrogens is 1. The summed E-state index contributed by atoms with van der Waals surface area (Å²) in [5.74, 6) is -0.0947. The molecule has 3 rings (SSSR count). The topological polar surface area (TPSA) is 84.1 Å². The van der Waals surface area contributed by atoms with Crippen molar-refractivity contribution in [3.63, 3.8) is 0 Å². The van der Waals surface area contributed by atoms with Crippen molar-refractivity contribution < 1.29 is 9.53 Å². The molecule has 116 valence electrons. The molecule has 1 amide bonds. The van der Waals surface area contributed by atoms with E-state index >= 15 is 0 Å². The van der Waals surface area contributed by atoms with Crippen LogP contribution >= 0.6 is 0 Å². The maximum absolute atomic E-state index is 12.0. The van der Waals surface area contributed by atoms with Crippen molar-refractivity contribution in [2.45, 2.75) is 31.8 Å². The lowest BCUT2D eigenvalue weighted by Crippen LogP contribution is -2.29. The van der Waals surface area contributed by atoms with Crippen molar-refractivity contribution in [2.24, 2.45) is 0 Å². The third-order valence-corrected chi connectivity index (χ3v) is 3.92. The molecule has 0 bridgehead atoms. The molecule has 1 atom stereocenters. The van der Waals surface area contributed by atoms with Crippen LogP contribution in [0.1, 0.15) is 25.0 Å². The number of amides is 1. The summed E-state index contributed by atoms with van der Waals surface area (Å²) >= 11 is 0. The molecule has 0 aliphatic carbocycles. The highest BCUT2D eigenvalue weighted by Gasteiger charge is 2.15. The van der Waals surface area contributed by atoms with E-state index in [9.17, 15) is 9.59 Å². The number of aromatic nitrogens is 2. The van der Waals surface area contributed by atoms with E-state index < -0.39 is 0 Å². The van der Waals surface area contributed by atoms with Crippen LogP contribution in [0.4, 0.5) is 0 Å². The maximum Gasteiger partial charge on any atom is 0.272 e. The average molecular weight is 301 g/mol. The number of ether oxygens (including phenoxy) is 1. The molecule has 6 heteroatoms. The Morgan fingerprint density at radius 3 is 2.95 bits per heavy atom. The summed E-state index contributed by atoms with van der Waals surface area (Å²) in [6, 6.07) is 7.17. The Hall–Kier alpha value is -2.21. The molecule has 0 radical (unpaired) electrons. The molecule has 0 spiro atoms. The zero-order valence-corrected chi connectivity index (χ0v) is 12.3. The van der Waals surface area contributed by atoms with E-state index in [1.807, 2.05) is 12.1 Å². The molecule has 1 fully saturated rings. The number of benzene rings is 1. The first-order valence-electron chi connectivity index (χ1n) is 7.58. The zero-order chi connectivity index (χ0) is 15.4. The molecule has 1 aliphatic rings. The standard InChI is InChI=1S/C16H19N3O3/c20-15(17-8-7-11-4-3-9-22-11)10-14-12-5-1-2-6-13(12)16(21)19-18-14/h1-2,5-6,11H,3-4,7-10H2,(H,17,20)(H,19,21). The van der Waals surface area contributed by atoms with E-state index in [1.54, 1.807) is 12.1 Å². The van der Waals surface area contributed by atoms with Gasteiger partial charge >= 0.3 is 0 Å². The van der Waals surface area contributed by atoms with Crippen molar-refractivity contribution in [1.29, 1.82) is 0 Å². The Bertz CT molecular complexity index is 720. The molecule has 6 nitrogen and oxygen atoms in total. The van der Waals surface area contributed by atoms with Gasteiger partial charge in [-0.1, -0.05) is 18.2 Å². The van der Waals surface area contributed by atoms with Gasteiger partial charge in [0.1, 0.15) is 0 Å².